The van der Waals surface area contributed by atoms with Crippen molar-refractivity contribution >= 4 is 34.4 Å². The Morgan fingerprint density at radius 2 is 2.05 bits per heavy atom. The van der Waals surface area contributed by atoms with Gasteiger partial charge in [0.15, 0.2) is 5.65 Å². The van der Waals surface area contributed by atoms with Gasteiger partial charge >= 0.3 is 0 Å². The molecule has 0 bridgehead atoms. The molecule has 4 nitrogen and oxygen atoms in total. The van der Waals surface area contributed by atoms with E-state index >= 15 is 0 Å². The SMILES string of the molecule is CCc1nn(C)c2c1nc(CCl)n2-c1cccc(Cl)c1C. The van der Waals surface area contributed by atoms with E-state index in [2.05, 4.69) is 21.6 Å². The molecule has 3 rings (SSSR count). The molecule has 0 N–H and O–H groups in total. The molecule has 2 aromatic heterocycles. The molecule has 110 valence electrons. The number of imidazole rings is 1. The summed E-state index contributed by atoms with van der Waals surface area (Å²) in [6, 6.07) is 5.85. The molecule has 21 heavy (non-hydrogen) atoms. The molecule has 6 heteroatoms. The van der Waals surface area contributed by atoms with Crippen LogP contribution in [0.2, 0.25) is 5.02 Å². The van der Waals surface area contributed by atoms with E-state index in [4.69, 9.17) is 23.2 Å². The molecule has 3 aromatic rings. The summed E-state index contributed by atoms with van der Waals surface area (Å²) in [5, 5.41) is 5.27. The summed E-state index contributed by atoms with van der Waals surface area (Å²) in [5.41, 5.74) is 4.84. The number of alkyl halides is 1. The van der Waals surface area contributed by atoms with Crippen molar-refractivity contribution in [1.29, 1.82) is 0 Å². The lowest BCUT2D eigenvalue weighted by Gasteiger charge is -2.12. The van der Waals surface area contributed by atoms with Crippen molar-refractivity contribution in [2.24, 2.45) is 7.05 Å². The van der Waals surface area contributed by atoms with Crippen LogP contribution in [-0.2, 0) is 19.3 Å². The summed E-state index contributed by atoms with van der Waals surface area (Å²) < 4.78 is 3.91. The summed E-state index contributed by atoms with van der Waals surface area (Å²) in [6.45, 7) is 4.07. The van der Waals surface area contributed by atoms with Gasteiger partial charge in [0.2, 0.25) is 0 Å². The summed E-state index contributed by atoms with van der Waals surface area (Å²) in [7, 11) is 1.93. The van der Waals surface area contributed by atoms with Gasteiger partial charge in [-0.3, -0.25) is 4.57 Å². The van der Waals surface area contributed by atoms with Crippen LogP contribution >= 0.6 is 23.2 Å². The standard InChI is InChI=1S/C15H16Cl2N4/c1-4-11-14-15(20(3)19-11)21(13(8-16)18-14)12-7-5-6-10(17)9(12)2/h5-7H,4,8H2,1-3H3. The van der Waals surface area contributed by atoms with E-state index in [0.717, 1.165) is 45.4 Å². The maximum atomic E-state index is 6.26. The van der Waals surface area contributed by atoms with E-state index in [-0.39, 0.29) is 0 Å². The van der Waals surface area contributed by atoms with Crippen molar-refractivity contribution in [2.45, 2.75) is 26.1 Å². The van der Waals surface area contributed by atoms with Crippen molar-refractivity contribution in [1.82, 2.24) is 19.3 Å². The molecular formula is C15H16Cl2N4. The first-order chi connectivity index (χ1) is 10.1. The number of aryl methyl sites for hydroxylation is 2. The number of fused-ring (bicyclic) bond motifs is 1. The van der Waals surface area contributed by atoms with Crippen molar-refractivity contribution in [2.75, 3.05) is 0 Å². The molecule has 0 amide bonds. The topological polar surface area (TPSA) is 35.6 Å². The zero-order valence-corrected chi connectivity index (χ0v) is 13.7. The molecule has 0 aliphatic heterocycles. The smallest absolute Gasteiger partial charge is 0.163 e. The second kappa shape index (κ2) is 5.35. The molecule has 0 radical (unpaired) electrons. The van der Waals surface area contributed by atoms with Crippen LogP contribution in [0.4, 0.5) is 0 Å². The minimum absolute atomic E-state index is 0.337. The first-order valence-electron chi connectivity index (χ1n) is 6.83. The number of halogens is 2. The molecule has 0 fully saturated rings. The second-order valence-corrected chi connectivity index (χ2v) is 5.65. The Morgan fingerprint density at radius 3 is 2.71 bits per heavy atom. The number of hydrogen-bond acceptors (Lipinski definition) is 2. The summed E-state index contributed by atoms with van der Waals surface area (Å²) in [5.74, 6) is 1.14. The molecule has 0 saturated heterocycles. The van der Waals surface area contributed by atoms with Gasteiger partial charge in [0.05, 0.1) is 17.3 Å². The lowest BCUT2D eigenvalue weighted by molar-refractivity contribution is 0.744. The van der Waals surface area contributed by atoms with Crippen LogP contribution in [0.25, 0.3) is 16.9 Å². The highest BCUT2D eigenvalue weighted by Gasteiger charge is 2.20. The molecular weight excluding hydrogens is 307 g/mol. The highest BCUT2D eigenvalue weighted by Crippen LogP contribution is 2.29. The van der Waals surface area contributed by atoms with Gasteiger partial charge in [-0.25, -0.2) is 9.67 Å². The lowest BCUT2D eigenvalue weighted by atomic mass is 10.2. The molecule has 0 spiro atoms. The Labute approximate surface area is 133 Å². The zero-order chi connectivity index (χ0) is 15.1. The average molecular weight is 323 g/mol. The highest BCUT2D eigenvalue weighted by molar-refractivity contribution is 6.31. The molecule has 1 aromatic carbocycles. The minimum atomic E-state index is 0.337. The third kappa shape index (κ3) is 2.14. The Balaban J connectivity index is 2.40. The van der Waals surface area contributed by atoms with E-state index < -0.39 is 0 Å². The summed E-state index contributed by atoms with van der Waals surface area (Å²) in [4.78, 5) is 4.67. The number of rotatable bonds is 3. The normalized spacial score (nSPS) is 11.5. The van der Waals surface area contributed by atoms with E-state index in [0.29, 0.717) is 5.88 Å². The predicted octanol–water partition coefficient (Wildman–Crippen LogP) is 4.02. The van der Waals surface area contributed by atoms with Gasteiger partial charge in [-0.05, 0) is 31.0 Å². The maximum Gasteiger partial charge on any atom is 0.163 e. The highest BCUT2D eigenvalue weighted by atomic mass is 35.5. The fourth-order valence-corrected chi connectivity index (χ4v) is 2.99. The average Bonchev–Trinajstić information content (AvgIpc) is 2.99. The lowest BCUT2D eigenvalue weighted by Crippen LogP contribution is -2.06. The number of aromatic nitrogens is 4. The fourth-order valence-electron chi connectivity index (χ4n) is 2.64. The van der Waals surface area contributed by atoms with Gasteiger partial charge in [0.25, 0.3) is 0 Å². The quantitative estimate of drug-likeness (QED) is 0.683. The molecule has 0 saturated carbocycles. The van der Waals surface area contributed by atoms with Gasteiger partial charge in [-0.2, -0.15) is 5.10 Å². The maximum absolute atomic E-state index is 6.26. The van der Waals surface area contributed by atoms with Gasteiger partial charge < -0.3 is 0 Å². The van der Waals surface area contributed by atoms with Gasteiger partial charge in [-0.15, -0.1) is 11.6 Å². The van der Waals surface area contributed by atoms with Crippen LogP contribution in [0.15, 0.2) is 18.2 Å². The van der Waals surface area contributed by atoms with E-state index in [1.807, 2.05) is 36.9 Å². The predicted molar refractivity (Wildman–Crippen MR) is 86.5 cm³/mol. The number of nitrogens with zero attached hydrogens (tertiary/aromatic N) is 4. The van der Waals surface area contributed by atoms with Crippen LogP contribution in [0.5, 0.6) is 0 Å². The first kappa shape index (κ1) is 14.4. The van der Waals surface area contributed by atoms with E-state index in [1.165, 1.54) is 0 Å². The van der Waals surface area contributed by atoms with Crippen LogP contribution in [0.1, 0.15) is 24.0 Å². The largest absolute Gasteiger partial charge is 0.280 e. The third-order valence-electron chi connectivity index (χ3n) is 3.71. The molecule has 2 heterocycles. The Kier molecular flexibility index (Phi) is 3.68. The number of benzene rings is 1. The summed E-state index contributed by atoms with van der Waals surface area (Å²) >= 11 is 12.4. The summed E-state index contributed by atoms with van der Waals surface area (Å²) in [6.07, 6.45) is 0.838. The monoisotopic (exact) mass is 322 g/mol. The van der Waals surface area contributed by atoms with Crippen molar-refractivity contribution in [3.05, 3.63) is 40.3 Å². The zero-order valence-electron chi connectivity index (χ0n) is 12.2. The van der Waals surface area contributed by atoms with Gasteiger partial charge in [-0.1, -0.05) is 24.6 Å². The van der Waals surface area contributed by atoms with Crippen molar-refractivity contribution in [3.63, 3.8) is 0 Å². The first-order valence-corrected chi connectivity index (χ1v) is 7.74. The van der Waals surface area contributed by atoms with Crippen LogP contribution in [0, 0.1) is 6.92 Å². The molecule has 0 aliphatic rings. The third-order valence-corrected chi connectivity index (χ3v) is 4.36. The Morgan fingerprint density at radius 1 is 1.29 bits per heavy atom. The minimum Gasteiger partial charge on any atom is -0.280 e. The van der Waals surface area contributed by atoms with Crippen LogP contribution < -0.4 is 0 Å². The molecule has 0 unspecified atom stereocenters. The fraction of sp³-hybridized carbons (Fsp3) is 0.333. The van der Waals surface area contributed by atoms with Crippen LogP contribution in [-0.4, -0.2) is 19.3 Å². The Bertz CT molecular complexity index is 817. The van der Waals surface area contributed by atoms with Crippen LogP contribution in [0.3, 0.4) is 0 Å². The molecule has 0 atom stereocenters. The number of hydrogen-bond donors (Lipinski definition) is 0. The van der Waals surface area contributed by atoms with Gasteiger partial charge in [0, 0.05) is 12.1 Å². The Hall–Kier alpha value is -1.52. The van der Waals surface area contributed by atoms with Gasteiger partial charge in [0.1, 0.15) is 11.3 Å². The van der Waals surface area contributed by atoms with E-state index in [9.17, 15) is 0 Å². The van der Waals surface area contributed by atoms with E-state index in [1.54, 1.807) is 0 Å². The molecule has 0 aliphatic carbocycles. The van der Waals surface area contributed by atoms with Crippen molar-refractivity contribution < 1.29 is 0 Å². The second-order valence-electron chi connectivity index (χ2n) is 4.98. The van der Waals surface area contributed by atoms with Crippen molar-refractivity contribution in [3.8, 4) is 5.69 Å².